The Kier molecular flexibility index (Phi) is 3.78. The molecule has 4 fully saturated rings. The predicted octanol–water partition coefficient (Wildman–Crippen LogP) is 3.34. The SMILES string of the molecule is C[C@@]12CC[C@H](C[C@@H]1C(=O)N1CCCCC1)[C@@]1(C2)NC(=O)c2ccccc2O1. The van der Waals surface area contributed by atoms with Gasteiger partial charge < -0.3 is 15.0 Å². The van der Waals surface area contributed by atoms with E-state index in [2.05, 4.69) is 17.1 Å². The summed E-state index contributed by atoms with van der Waals surface area (Å²) in [6.45, 7) is 4.04. The molecule has 0 radical (unpaired) electrons. The average molecular weight is 368 g/mol. The van der Waals surface area contributed by atoms with Crippen molar-refractivity contribution in [2.24, 2.45) is 17.3 Å². The Balaban J connectivity index is 1.43. The maximum Gasteiger partial charge on any atom is 0.258 e. The number of carbonyl (C=O) groups is 2. The molecule has 1 aromatic carbocycles. The fraction of sp³-hybridized carbons (Fsp3) is 0.636. The first kappa shape index (κ1) is 17.1. The van der Waals surface area contributed by atoms with Gasteiger partial charge in [0.2, 0.25) is 5.91 Å². The summed E-state index contributed by atoms with van der Waals surface area (Å²) in [6.07, 6.45) is 7.05. The van der Waals surface area contributed by atoms with Crippen LogP contribution >= 0.6 is 0 Å². The number of nitrogens with one attached hydrogen (secondary N) is 1. The summed E-state index contributed by atoms with van der Waals surface area (Å²) in [5.41, 5.74) is -0.171. The van der Waals surface area contributed by atoms with Crippen molar-refractivity contribution in [3.8, 4) is 5.75 Å². The number of amides is 2. The molecule has 2 amide bonds. The smallest absolute Gasteiger partial charge is 0.258 e. The van der Waals surface area contributed by atoms with Crippen LogP contribution in [-0.4, -0.2) is 35.5 Å². The van der Waals surface area contributed by atoms with Crippen molar-refractivity contribution in [3.63, 3.8) is 0 Å². The molecule has 5 aliphatic rings. The summed E-state index contributed by atoms with van der Waals surface area (Å²) < 4.78 is 6.45. The zero-order valence-electron chi connectivity index (χ0n) is 16.0. The van der Waals surface area contributed by atoms with Gasteiger partial charge in [0.15, 0.2) is 5.72 Å². The van der Waals surface area contributed by atoms with E-state index in [0.717, 1.165) is 51.6 Å². The van der Waals surface area contributed by atoms with Crippen molar-refractivity contribution in [2.45, 2.75) is 57.6 Å². The maximum absolute atomic E-state index is 13.3. The highest BCUT2D eigenvalue weighted by atomic mass is 16.5. The van der Waals surface area contributed by atoms with Gasteiger partial charge in [0.25, 0.3) is 5.91 Å². The molecule has 27 heavy (non-hydrogen) atoms. The van der Waals surface area contributed by atoms with Gasteiger partial charge in [0.1, 0.15) is 5.75 Å². The van der Waals surface area contributed by atoms with E-state index in [1.165, 1.54) is 6.42 Å². The van der Waals surface area contributed by atoms with Gasteiger partial charge in [-0.3, -0.25) is 9.59 Å². The van der Waals surface area contributed by atoms with Crippen molar-refractivity contribution in [2.75, 3.05) is 13.1 Å². The van der Waals surface area contributed by atoms with Crippen LogP contribution in [0.4, 0.5) is 0 Å². The van der Waals surface area contributed by atoms with Crippen molar-refractivity contribution in [3.05, 3.63) is 29.8 Å². The molecule has 5 heteroatoms. The zero-order valence-corrected chi connectivity index (χ0v) is 16.0. The third-order valence-electron chi connectivity index (χ3n) is 7.47. The average Bonchev–Trinajstić information content (AvgIpc) is 2.68. The molecule has 4 atom stereocenters. The number of rotatable bonds is 1. The minimum atomic E-state index is -0.656. The molecule has 5 nitrogen and oxygen atoms in total. The summed E-state index contributed by atoms with van der Waals surface area (Å²) in [5, 5.41) is 3.20. The van der Waals surface area contributed by atoms with E-state index < -0.39 is 5.72 Å². The van der Waals surface area contributed by atoms with Gasteiger partial charge in [0.05, 0.1) is 5.56 Å². The second kappa shape index (κ2) is 5.98. The number of hydrogen-bond donors (Lipinski definition) is 1. The fourth-order valence-corrected chi connectivity index (χ4v) is 5.97. The number of ether oxygens (including phenoxy) is 1. The molecule has 2 heterocycles. The Labute approximate surface area is 160 Å². The first-order valence-corrected chi connectivity index (χ1v) is 10.4. The largest absolute Gasteiger partial charge is 0.467 e. The van der Waals surface area contributed by atoms with Gasteiger partial charge in [-0.15, -0.1) is 0 Å². The zero-order chi connectivity index (χ0) is 18.6. The topological polar surface area (TPSA) is 58.6 Å². The number of likely N-dealkylation sites (tertiary alicyclic amines) is 1. The fourth-order valence-electron chi connectivity index (χ4n) is 5.97. The van der Waals surface area contributed by atoms with Gasteiger partial charge in [0, 0.05) is 31.3 Å². The summed E-state index contributed by atoms with van der Waals surface area (Å²) in [7, 11) is 0. The Hall–Kier alpha value is -2.04. The molecule has 144 valence electrons. The van der Waals surface area contributed by atoms with E-state index in [4.69, 9.17) is 4.74 Å². The third-order valence-corrected chi connectivity index (χ3v) is 7.47. The molecule has 6 rings (SSSR count). The van der Waals surface area contributed by atoms with Crippen LogP contribution in [0.2, 0.25) is 0 Å². The van der Waals surface area contributed by atoms with Crippen molar-refractivity contribution in [1.82, 2.24) is 10.2 Å². The molecule has 3 aliphatic carbocycles. The number of carbonyl (C=O) groups excluding carboxylic acids is 2. The normalized spacial score (nSPS) is 37.5. The summed E-state index contributed by atoms with van der Waals surface area (Å²) in [6, 6.07) is 7.47. The lowest BCUT2D eigenvalue weighted by atomic mass is 9.52. The van der Waals surface area contributed by atoms with Gasteiger partial charge in [-0.05, 0) is 56.1 Å². The van der Waals surface area contributed by atoms with Crippen LogP contribution in [-0.2, 0) is 4.79 Å². The van der Waals surface area contributed by atoms with Crippen LogP contribution in [0.15, 0.2) is 24.3 Å². The minimum Gasteiger partial charge on any atom is -0.467 e. The van der Waals surface area contributed by atoms with Gasteiger partial charge in [-0.1, -0.05) is 19.1 Å². The van der Waals surface area contributed by atoms with Crippen LogP contribution in [0, 0.1) is 17.3 Å². The summed E-state index contributed by atoms with van der Waals surface area (Å²) >= 11 is 0. The minimum absolute atomic E-state index is 0.0492. The molecule has 3 saturated carbocycles. The molecule has 2 bridgehead atoms. The van der Waals surface area contributed by atoms with E-state index in [1.54, 1.807) is 0 Å². The lowest BCUT2D eigenvalue weighted by Crippen LogP contribution is -2.69. The quantitative estimate of drug-likeness (QED) is 0.827. The van der Waals surface area contributed by atoms with E-state index in [9.17, 15) is 9.59 Å². The molecule has 1 spiro atoms. The Morgan fingerprint density at radius 1 is 1.22 bits per heavy atom. The Morgan fingerprint density at radius 3 is 2.78 bits per heavy atom. The molecule has 1 saturated heterocycles. The van der Waals surface area contributed by atoms with Crippen LogP contribution in [0.3, 0.4) is 0 Å². The summed E-state index contributed by atoms with van der Waals surface area (Å²) in [4.78, 5) is 28.1. The van der Waals surface area contributed by atoms with E-state index in [1.807, 2.05) is 24.3 Å². The number of para-hydroxylation sites is 1. The molecular weight excluding hydrogens is 340 g/mol. The third kappa shape index (κ3) is 2.58. The van der Waals surface area contributed by atoms with Gasteiger partial charge in [-0.25, -0.2) is 0 Å². The van der Waals surface area contributed by atoms with E-state index in [0.29, 0.717) is 17.2 Å². The number of hydrogen-bond acceptors (Lipinski definition) is 3. The second-order valence-corrected chi connectivity index (χ2v) is 9.18. The van der Waals surface area contributed by atoms with Crippen LogP contribution in [0.5, 0.6) is 5.75 Å². The molecule has 2 aliphatic heterocycles. The van der Waals surface area contributed by atoms with Gasteiger partial charge in [-0.2, -0.15) is 0 Å². The predicted molar refractivity (Wildman–Crippen MR) is 101 cm³/mol. The molecular formula is C22H28N2O3. The van der Waals surface area contributed by atoms with Gasteiger partial charge >= 0.3 is 0 Å². The second-order valence-electron chi connectivity index (χ2n) is 9.18. The number of benzene rings is 1. The number of nitrogens with zero attached hydrogens (tertiary/aromatic N) is 1. The first-order chi connectivity index (χ1) is 13.0. The van der Waals surface area contributed by atoms with Crippen molar-refractivity contribution >= 4 is 11.8 Å². The Bertz CT molecular complexity index is 788. The first-order valence-electron chi connectivity index (χ1n) is 10.4. The van der Waals surface area contributed by atoms with Crippen molar-refractivity contribution < 1.29 is 14.3 Å². The standard InChI is InChI=1S/C22H28N2O3/c1-21-10-9-15(13-17(21)20(26)24-11-5-2-6-12-24)22(14-21)23-19(25)16-7-3-4-8-18(16)27-22/h3-4,7-8,15,17H,2,5-6,9-14H2,1H3,(H,23,25)/t15-,17-,21+,22+/m1/s1. The molecule has 1 N–H and O–H groups in total. The highest BCUT2D eigenvalue weighted by Gasteiger charge is 2.62. The van der Waals surface area contributed by atoms with Crippen LogP contribution < -0.4 is 10.1 Å². The van der Waals surface area contributed by atoms with Crippen molar-refractivity contribution in [1.29, 1.82) is 0 Å². The van der Waals surface area contributed by atoms with Crippen LogP contribution in [0.25, 0.3) is 0 Å². The molecule has 1 aromatic rings. The molecule has 0 unspecified atom stereocenters. The number of fused-ring (bicyclic) bond motifs is 3. The highest BCUT2D eigenvalue weighted by molar-refractivity contribution is 5.98. The highest BCUT2D eigenvalue weighted by Crippen LogP contribution is 2.59. The molecule has 0 aromatic heterocycles. The van der Waals surface area contributed by atoms with Crippen LogP contribution in [0.1, 0.15) is 62.2 Å². The number of piperidine rings is 1. The van der Waals surface area contributed by atoms with E-state index >= 15 is 0 Å². The maximum atomic E-state index is 13.3. The summed E-state index contributed by atoms with van der Waals surface area (Å²) in [5.74, 6) is 1.20. The van der Waals surface area contributed by atoms with E-state index in [-0.39, 0.29) is 23.2 Å². The lowest BCUT2D eigenvalue weighted by Gasteiger charge is -2.60. The monoisotopic (exact) mass is 368 g/mol. The Morgan fingerprint density at radius 2 is 2.00 bits per heavy atom. The lowest BCUT2D eigenvalue weighted by molar-refractivity contribution is -0.174.